The van der Waals surface area contributed by atoms with Crippen LogP contribution in [0.25, 0.3) is 16.4 Å². The lowest BCUT2D eigenvalue weighted by atomic mass is 9.75. The standard InChI is InChI=1S/C24H22N4O2S/c1-30-20-11-6-5-10-19(20)16-14-17(15-16)25-24(29)22-26-23(21-12-7-13-31-21)28(27-22)18-8-3-2-4-9-18/h2-13,16-17H,14-15H2,1H3,(H,25,29). The molecule has 1 amide bonds. The highest BCUT2D eigenvalue weighted by molar-refractivity contribution is 7.13. The molecule has 0 atom stereocenters. The Bertz CT molecular complexity index is 1180. The van der Waals surface area contributed by atoms with Gasteiger partial charge in [0.05, 0.1) is 17.7 Å². The highest BCUT2D eigenvalue weighted by atomic mass is 32.1. The zero-order valence-electron chi connectivity index (χ0n) is 17.1. The number of aromatic nitrogens is 3. The van der Waals surface area contributed by atoms with Crippen molar-refractivity contribution in [1.82, 2.24) is 20.1 Å². The van der Waals surface area contributed by atoms with Gasteiger partial charge in [0, 0.05) is 6.04 Å². The lowest BCUT2D eigenvalue weighted by Gasteiger charge is -2.36. The van der Waals surface area contributed by atoms with Gasteiger partial charge in [-0.1, -0.05) is 42.5 Å². The molecule has 4 aromatic rings. The van der Waals surface area contributed by atoms with Crippen LogP contribution in [0.2, 0.25) is 0 Å². The summed E-state index contributed by atoms with van der Waals surface area (Å²) in [5.41, 5.74) is 2.07. The lowest BCUT2D eigenvalue weighted by molar-refractivity contribution is 0.0898. The number of para-hydroxylation sites is 2. The fourth-order valence-corrected chi connectivity index (χ4v) is 4.66. The van der Waals surface area contributed by atoms with Gasteiger partial charge in [0.1, 0.15) is 5.75 Å². The zero-order chi connectivity index (χ0) is 21.2. The van der Waals surface area contributed by atoms with E-state index in [0.717, 1.165) is 29.2 Å². The molecular formula is C24H22N4O2S. The molecular weight excluding hydrogens is 408 g/mol. The fraction of sp³-hybridized carbons (Fsp3) is 0.208. The molecule has 6 nitrogen and oxygen atoms in total. The Morgan fingerprint density at radius 3 is 2.58 bits per heavy atom. The number of nitrogens with one attached hydrogen (secondary N) is 1. The second-order valence-corrected chi connectivity index (χ2v) is 8.51. The molecule has 2 aromatic heterocycles. The summed E-state index contributed by atoms with van der Waals surface area (Å²) in [6, 6.07) is 21.9. The molecule has 1 fully saturated rings. The van der Waals surface area contributed by atoms with Gasteiger partial charge in [-0.3, -0.25) is 4.79 Å². The summed E-state index contributed by atoms with van der Waals surface area (Å²) in [5, 5.41) is 9.62. The van der Waals surface area contributed by atoms with Crippen molar-refractivity contribution < 1.29 is 9.53 Å². The number of amides is 1. The summed E-state index contributed by atoms with van der Waals surface area (Å²) in [4.78, 5) is 18.5. The highest BCUT2D eigenvalue weighted by Gasteiger charge is 2.34. The molecule has 1 aliphatic rings. The van der Waals surface area contributed by atoms with Gasteiger partial charge in [-0.05, 0) is 54.0 Å². The van der Waals surface area contributed by atoms with Crippen molar-refractivity contribution in [3.05, 3.63) is 83.5 Å². The molecule has 31 heavy (non-hydrogen) atoms. The molecule has 0 unspecified atom stereocenters. The summed E-state index contributed by atoms with van der Waals surface area (Å²) in [6.45, 7) is 0. The van der Waals surface area contributed by atoms with Crippen molar-refractivity contribution in [2.75, 3.05) is 7.11 Å². The number of rotatable bonds is 6. The first kappa shape index (κ1) is 19.5. The van der Waals surface area contributed by atoms with Crippen molar-refractivity contribution in [3.63, 3.8) is 0 Å². The number of hydrogen-bond acceptors (Lipinski definition) is 5. The third-order valence-electron chi connectivity index (χ3n) is 5.60. The molecule has 7 heteroatoms. The second kappa shape index (κ2) is 8.35. The average Bonchev–Trinajstić information content (AvgIpc) is 3.46. The maximum Gasteiger partial charge on any atom is 0.291 e. The smallest absolute Gasteiger partial charge is 0.291 e. The maximum atomic E-state index is 12.9. The number of carbonyl (C=O) groups excluding carboxylic acids is 1. The van der Waals surface area contributed by atoms with Gasteiger partial charge in [-0.15, -0.1) is 16.4 Å². The van der Waals surface area contributed by atoms with Crippen LogP contribution < -0.4 is 10.1 Å². The summed E-state index contributed by atoms with van der Waals surface area (Å²) in [5.74, 6) is 1.91. The fourth-order valence-electron chi connectivity index (χ4n) is 3.97. The average molecular weight is 431 g/mol. The second-order valence-electron chi connectivity index (χ2n) is 7.56. The van der Waals surface area contributed by atoms with Gasteiger partial charge >= 0.3 is 0 Å². The van der Waals surface area contributed by atoms with Gasteiger partial charge < -0.3 is 10.1 Å². The Morgan fingerprint density at radius 2 is 1.84 bits per heavy atom. The number of thiophene rings is 1. The minimum Gasteiger partial charge on any atom is -0.496 e. The van der Waals surface area contributed by atoms with Gasteiger partial charge in [-0.2, -0.15) is 0 Å². The summed E-state index contributed by atoms with van der Waals surface area (Å²) >= 11 is 1.57. The Hall–Kier alpha value is -3.45. The molecule has 156 valence electrons. The molecule has 0 bridgehead atoms. The Kier molecular flexibility index (Phi) is 5.26. The van der Waals surface area contributed by atoms with Crippen LogP contribution in [0.4, 0.5) is 0 Å². The Morgan fingerprint density at radius 1 is 1.06 bits per heavy atom. The van der Waals surface area contributed by atoms with E-state index in [9.17, 15) is 4.79 Å². The predicted molar refractivity (Wildman–Crippen MR) is 121 cm³/mol. The molecule has 5 rings (SSSR count). The predicted octanol–water partition coefficient (Wildman–Crippen LogP) is 4.68. The van der Waals surface area contributed by atoms with Crippen molar-refractivity contribution in [2.45, 2.75) is 24.8 Å². The Labute approximate surface area is 184 Å². The minimum atomic E-state index is -0.240. The van der Waals surface area contributed by atoms with E-state index in [0.29, 0.717) is 11.7 Å². The molecule has 2 aromatic carbocycles. The number of carbonyl (C=O) groups is 1. The van der Waals surface area contributed by atoms with Gasteiger partial charge in [-0.25, -0.2) is 9.67 Å². The molecule has 2 heterocycles. The Balaban J connectivity index is 1.33. The topological polar surface area (TPSA) is 69.0 Å². The van der Waals surface area contributed by atoms with Crippen molar-refractivity contribution in [2.24, 2.45) is 0 Å². The first-order valence-corrected chi connectivity index (χ1v) is 11.1. The maximum absolute atomic E-state index is 12.9. The van der Waals surface area contributed by atoms with E-state index in [2.05, 4.69) is 21.5 Å². The normalized spacial score (nSPS) is 17.7. The minimum absolute atomic E-state index is 0.108. The molecule has 0 spiro atoms. The van der Waals surface area contributed by atoms with Crippen LogP contribution >= 0.6 is 11.3 Å². The van der Waals surface area contributed by atoms with E-state index in [1.807, 2.05) is 66.0 Å². The van der Waals surface area contributed by atoms with Crippen LogP contribution in [0, 0.1) is 0 Å². The van der Waals surface area contributed by atoms with Gasteiger partial charge in [0.2, 0.25) is 5.82 Å². The van der Waals surface area contributed by atoms with E-state index in [-0.39, 0.29) is 17.8 Å². The summed E-state index contributed by atoms with van der Waals surface area (Å²) < 4.78 is 7.21. The number of hydrogen-bond donors (Lipinski definition) is 1. The molecule has 0 radical (unpaired) electrons. The number of nitrogens with zero attached hydrogens (tertiary/aromatic N) is 3. The molecule has 1 aliphatic carbocycles. The van der Waals surface area contributed by atoms with E-state index >= 15 is 0 Å². The summed E-state index contributed by atoms with van der Waals surface area (Å²) in [7, 11) is 1.69. The van der Waals surface area contributed by atoms with E-state index in [1.165, 1.54) is 5.56 Å². The summed E-state index contributed by atoms with van der Waals surface area (Å²) in [6.07, 6.45) is 1.76. The van der Waals surface area contributed by atoms with E-state index in [1.54, 1.807) is 23.1 Å². The quantitative estimate of drug-likeness (QED) is 0.482. The SMILES string of the molecule is COc1ccccc1C1CC(NC(=O)c2nc(-c3cccs3)n(-c3ccccc3)n2)C1. The van der Waals surface area contributed by atoms with E-state index in [4.69, 9.17) is 4.74 Å². The zero-order valence-corrected chi connectivity index (χ0v) is 17.9. The van der Waals surface area contributed by atoms with Crippen molar-refractivity contribution in [1.29, 1.82) is 0 Å². The molecule has 1 saturated carbocycles. The van der Waals surface area contributed by atoms with Crippen LogP contribution in [-0.4, -0.2) is 33.8 Å². The van der Waals surface area contributed by atoms with Crippen LogP contribution in [0.5, 0.6) is 5.75 Å². The lowest BCUT2D eigenvalue weighted by Crippen LogP contribution is -2.43. The monoisotopic (exact) mass is 430 g/mol. The largest absolute Gasteiger partial charge is 0.496 e. The molecule has 0 aliphatic heterocycles. The third-order valence-corrected chi connectivity index (χ3v) is 6.47. The number of methoxy groups -OCH3 is 1. The van der Waals surface area contributed by atoms with Crippen molar-refractivity contribution in [3.8, 4) is 22.1 Å². The number of ether oxygens (including phenoxy) is 1. The third kappa shape index (κ3) is 3.84. The van der Waals surface area contributed by atoms with Crippen LogP contribution in [0.1, 0.15) is 34.9 Å². The molecule has 0 saturated heterocycles. The first-order chi connectivity index (χ1) is 15.2. The van der Waals surface area contributed by atoms with Crippen molar-refractivity contribution >= 4 is 17.2 Å². The van der Waals surface area contributed by atoms with Crippen LogP contribution in [-0.2, 0) is 0 Å². The number of benzene rings is 2. The highest BCUT2D eigenvalue weighted by Crippen LogP contribution is 2.41. The molecule has 1 N–H and O–H groups in total. The van der Waals surface area contributed by atoms with Gasteiger partial charge in [0.15, 0.2) is 5.82 Å². The van der Waals surface area contributed by atoms with Crippen LogP contribution in [0.3, 0.4) is 0 Å². The van der Waals surface area contributed by atoms with Crippen LogP contribution in [0.15, 0.2) is 72.1 Å². The first-order valence-electron chi connectivity index (χ1n) is 10.2. The van der Waals surface area contributed by atoms with Gasteiger partial charge in [0.25, 0.3) is 5.91 Å². The van der Waals surface area contributed by atoms with E-state index < -0.39 is 0 Å².